The Bertz CT molecular complexity index is 15.5. The van der Waals surface area contributed by atoms with E-state index in [2.05, 4.69) is 0 Å². The van der Waals surface area contributed by atoms with Crippen LogP contribution < -0.4 is 0 Å². The number of rotatable bonds is 0. The minimum Gasteiger partial charge on any atom is -0.671 e. The molecule has 0 aromatic heterocycles. The van der Waals surface area contributed by atoms with Crippen LogP contribution in [0.3, 0.4) is 0 Å². The monoisotopic (exact) mass is 185 g/mol. The minimum absolute atomic E-state index is 0. The van der Waals surface area contributed by atoms with Gasteiger partial charge in [-0.1, -0.05) is 0 Å². The normalized spacial score (nSPS) is 3.00. The van der Waals surface area contributed by atoms with E-state index in [4.69, 9.17) is 10.5 Å². The van der Waals surface area contributed by atoms with Crippen molar-refractivity contribution >= 4 is 6.41 Å². The van der Waals surface area contributed by atoms with Crippen LogP contribution in [0.5, 0.6) is 0 Å². The van der Waals surface area contributed by atoms with Gasteiger partial charge in [0.25, 0.3) is 0 Å². The molecule has 4 heavy (non-hydrogen) atoms. The molecular weight excluding hydrogens is 183 g/mol. The molecule has 1 N–H and O–H groups in total. The van der Waals surface area contributed by atoms with Gasteiger partial charge in [-0.3, -0.25) is 0 Å². The first kappa shape index (κ1) is 8.85. The van der Waals surface area contributed by atoms with Gasteiger partial charge >= 0.3 is 0 Å². The third kappa shape index (κ3) is 13.7. The van der Waals surface area contributed by atoms with Gasteiger partial charge in [0, 0.05) is 47.7 Å². The second-order valence-corrected chi connectivity index (χ2v) is 0.118. The molecule has 0 aliphatic rings. The zero-order valence-corrected chi connectivity index (χ0v) is 5.77. The van der Waals surface area contributed by atoms with Crippen molar-refractivity contribution in [3.8, 4) is 0 Å². The van der Waals surface area contributed by atoms with Crippen molar-refractivity contribution in [2.75, 3.05) is 0 Å². The summed E-state index contributed by atoms with van der Waals surface area (Å²) in [5, 5.41) is 0. The van der Waals surface area contributed by atoms with Gasteiger partial charge < -0.3 is 10.5 Å². The van der Waals surface area contributed by atoms with E-state index >= 15 is 0 Å². The van der Waals surface area contributed by atoms with Crippen LogP contribution in [-0.4, -0.2) is 6.41 Å². The number of hydrogen-bond donors (Lipinski definition) is 0. The first-order valence-corrected chi connectivity index (χ1v) is 0.524. The Morgan fingerprint density at radius 3 is 1.75 bits per heavy atom. The molecule has 1 radical (unpaired) electrons. The van der Waals surface area contributed by atoms with Gasteiger partial charge in [-0.05, 0) is 0 Å². The molecule has 3 heteroatoms. The molecule has 0 heterocycles. The van der Waals surface area contributed by atoms with E-state index < -0.39 is 0 Å². The van der Waals surface area contributed by atoms with Gasteiger partial charge in [0.2, 0.25) is 0 Å². The number of amides is 1. The molecule has 2 nitrogen and oxygen atoms in total. The van der Waals surface area contributed by atoms with E-state index in [0.29, 0.717) is 0 Å². The van der Waals surface area contributed by atoms with Gasteiger partial charge in [0.05, 0.1) is 0 Å². The Morgan fingerprint density at radius 1 is 1.75 bits per heavy atom. The first-order chi connectivity index (χ1) is 1.41. The molecule has 21 valence electrons. The zero-order chi connectivity index (χ0) is 2.71. The summed E-state index contributed by atoms with van der Waals surface area (Å²) < 4.78 is 0. The average molecular weight is 185 g/mol. The molecule has 0 fully saturated rings. The molecule has 0 aliphatic carbocycles. The zero-order valence-electron chi connectivity index (χ0n) is 2.06. The Labute approximate surface area is 57.7 Å². The predicted molar refractivity (Wildman–Crippen MR) is 10.4 cm³/mol. The van der Waals surface area contributed by atoms with Crippen LogP contribution in [-0.2, 0) is 4.79 Å². The Hall–Kier alpha value is 0.834. The minimum atomic E-state index is 0. The molecule has 0 aromatic rings. The summed E-state index contributed by atoms with van der Waals surface area (Å²) in [6.07, 6.45) is 0. The maximum atomic E-state index is 8.47. The van der Waals surface area contributed by atoms with Gasteiger partial charge in [0.1, 0.15) is 0 Å². The Morgan fingerprint density at radius 2 is 1.75 bits per heavy atom. The number of hydrogen-bond acceptors (Lipinski definition) is 1. The van der Waals surface area contributed by atoms with E-state index in [1.807, 2.05) is 0 Å². The van der Waals surface area contributed by atoms with Crippen LogP contribution >= 0.6 is 0 Å². The smallest absolute Gasteiger partial charge is 0.0344 e. The van der Waals surface area contributed by atoms with Crippen LogP contribution in [0.2, 0.25) is 0 Å². The fourth-order valence-corrected chi connectivity index (χ4v) is 0. The molecule has 0 unspecified atom stereocenters. The average Bonchev–Trinajstić information content (AvgIpc) is 0.918. The van der Waals surface area contributed by atoms with Crippen LogP contribution in [0.25, 0.3) is 5.73 Å². The van der Waals surface area contributed by atoms with Crippen LogP contribution in [0.4, 0.5) is 0 Å². The summed E-state index contributed by atoms with van der Waals surface area (Å²) in [4.78, 5) is 8.47. The van der Waals surface area contributed by atoms with Crippen LogP contribution in [0.15, 0.2) is 0 Å². The van der Waals surface area contributed by atoms with Crippen molar-refractivity contribution in [2.45, 2.75) is 0 Å². The summed E-state index contributed by atoms with van der Waals surface area (Å²) in [7, 11) is 0. The SMILES string of the molecule is [NH-]C=O.[Pr]. The molecule has 0 aliphatic heterocycles. The van der Waals surface area contributed by atoms with Crippen molar-refractivity contribution in [3.63, 3.8) is 0 Å². The Balaban J connectivity index is 0. The molecule has 0 saturated heterocycles. The molecule has 0 aromatic carbocycles. The third-order valence-electron chi connectivity index (χ3n) is 0. The molecular formula is CH2NOPr-. The number of carbonyl (C=O) groups excluding carboxylic acids is 1. The van der Waals surface area contributed by atoms with E-state index in [1.165, 1.54) is 0 Å². The van der Waals surface area contributed by atoms with E-state index in [0.717, 1.165) is 0 Å². The molecule has 0 bridgehead atoms. The molecule has 1 amide bonds. The van der Waals surface area contributed by atoms with Crippen molar-refractivity contribution in [1.29, 1.82) is 0 Å². The van der Waals surface area contributed by atoms with E-state index in [1.54, 1.807) is 0 Å². The van der Waals surface area contributed by atoms with Gasteiger partial charge in [-0.25, -0.2) is 0 Å². The Kier molecular flexibility index (Phi) is 20.2. The second-order valence-electron chi connectivity index (χ2n) is 0.118. The van der Waals surface area contributed by atoms with Gasteiger partial charge in [-0.15, -0.1) is 0 Å². The topological polar surface area (TPSA) is 40.9 Å². The third-order valence-corrected chi connectivity index (χ3v) is 0. The maximum Gasteiger partial charge on any atom is 0.0344 e. The van der Waals surface area contributed by atoms with Crippen LogP contribution in [0.1, 0.15) is 0 Å². The van der Waals surface area contributed by atoms with Crippen molar-refractivity contribution in [1.82, 2.24) is 0 Å². The van der Waals surface area contributed by atoms with Crippen molar-refractivity contribution < 1.29 is 46.1 Å². The number of nitrogens with one attached hydrogen (secondary N) is 1. The largest absolute Gasteiger partial charge is 0.671 e. The van der Waals surface area contributed by atoms with Gasteiger partial charge in [-0.2, -0.15) is 0 Å². The first-order valence-electron chi connectivity index (χ1n) is 0.524. The predicted octanol–water partition coefficient (Wildman–Crippen LogP) is 0.195. The summed E-state index contributed by atoms with van der Waals surface area (Å²) in [5.74, 6) is 0. The summed E-state index contributed by atoms with van der Waals surface area (Å²) >= 11 is 0. The summed E-state index contributed by atoms with van der Waals surface area (Å²) in [6, 6.07) is 0. The molecule has 0 saturated carbocycles. The molecule has 0 spiro atoms. The maximum absolute atomic E-state index is 8.47. The summed E-state index contributed by atoms with van der Waals surface area (Å²) in [5.41, 5.74) is 5.53. The number of carbonyl (C=O) groups is 1. The van der Waals surface area contributed by atoms with E-state index in [9.17, 15) is 0 Å². The second kappa shape index (κ2) is 9.16. The summed E-state index contributed by atoms with van der Waals surface area (Å²) in [6.45, 7) is 0. The van der Waals surface area contributed by atoms with Gasteiger partial charge in [0.15, 0.2) is 0 Å². The van der Waals surface area contributed by atoms with E-state index in [-0.39, 0.29) is 47.7 Å². The molecule has 0 atom stereocenters. The fourth-order valence-electron chi connectivity index (χ4n) is 0. The van der Waals surface area contributed by atoms with Crippen molar-refractivity contribution in [2.24, 2.45) is 0 Å². The quantitative estimate of drug-likeness (QED) is 0.496. The molecule has 0 rings (SSSR count). The van der Waals surface area contributed by atoms with Crippen LogP contribution in [0, 0.1) is 41.3 Å². The van der Waals surface area contributed by atoms with Crippen molar-refractivity contribution in [3.05, 3.63) is 5.73 Å². The standard InChI is InChI=1S/CH3NO.Pr/c2-1-3;/h1H,(H2,2,3);/p-1. The fraction of sp³-hybridized carbons (Fsp3) is 0.